The number of ether oxygens (including phenoxy) is 2. The van der Waals surface area contributed by atoms with Gasteiger partial charge >= 0.3 is 12.2 Å². The molecule has 3 aromatic rings. The molecule has 0 unspecified atom stereocenters. The summed E-state index contributed by atoms with van der Waals surface area (Å²) in [5, 5.41) is 15.5. The van der Waals surface area contributed by atoms with Crippen molar-refractivity contribution < 1.29 is 31.0 Å². The van der Waals surface area contributed by atoms with E-state index >= 15 is 0 Å². The summed E-state index contributed by atoms with van der Waals surface area (Å²) in [6, 6.07) is 9.33. The topological polar surface area (TPSA) is 113 Å². The first-order valence-electron chi connectivity index (χ1n) is 15.8. The first kappa shape index (κ1) is 24.8. The molecule has 0 fully saturated rings. The number of amides is 2. The van der Waals surface area contributed by atoms with Crippen molar-refractivity contribution in [2.75, 3.05) is 6.54 Å². The molecule has 0 bridgehead atoms. The number of aliphatic hydroxyl groups excluding tert-OH is 1. The first-order valence-corrected chi connectivity index (χ1v) is 13.3. The molecular formula is C32H42N4O5. The Morgan fingerprint density at radius 1 is 0.927 bits per heavy atom. The molecule has 220 valence electrons. The number of carbonyl (C=O) groups excluding carboxylic acids is 2. The number of rotatable bonds is 10. The molecule has 0 aliphatic heterocycles. The van der Waals surface area contributed by atoms with Crippen LogP contribution in [0.5, 0.6) is 0 Å². The summed E-state index contributed by atoms with van der Waals surface area (Å²) >= 11 is 0. The Labute approximate surface area is 249 Å². The van der Waals surface area contributed by atoms with Gasteiger partial charge in [0.1, 0.15) is 11.2 Å². The minimum absolute atomic E-state index is 0.0946. The van der Waals surface area contributed by atoms with Gasteiger partial charge in [-0.15, -0.1) is 0 Å². The molecule has 1 heterocycles. The van der Waals surface area contributed by atoms with Crippen molar-refractivity contribution in [2.24, 2.45) is 0 Å². The van der Waals surface area contributed by atoms with E-state index in [1.54, 1.807) is 47.7 Å². The monoisotopic (exact) mass is 567 g/mol. The number of pyridine rings is 1. The van der Waals surface area contributed by atoms with E-state index in [1.165, 1.54) is 5.01 Å². The van der Waals surface area contributed by atoms with Gasteiger partial charge in [-0.3, -0.25) is 10.4 Å². The second kappa shape index (κ2) is 14.1. The van der Waals surface area contributed by atoms with Crippen LogP contribution in [-0.2, 0) is 22.4 Å². The van der Waals surface area contributed by atoms with Gasteiger partial charge in [-0.2, -0.15) is 0 Å². The van der Waals surface area contributed by atoms with Crippen molar-refractivity contribution in [2.45, 2.75) is 77.9 Å². The molecule has 0 aliphatic rings. The number of aromatic nitrogens is 1. The lowest BCUT2D eigenvalue weighted by atomic mass is 10.0. The van der Waals surface area contributed by atoms with E-state index in [9.17, 15) is 14.7 Å². The highest BCUT2D eigenvalue weighted by Crippen LogP contribution is 2.18. The third kappa shape index (κ3) is 11.6. The molecule has 9 heteroatoms. The quantitative estimate of drug-likeness (QED) is 0.278. The smallest absolute Gasteiger partial charge is 0.422 e. The molecule has 9 nitrogen and oxygen atoms in total. The van der Waals surface area contributed by atoms with Crippen LogP contribution in [0.15, 0.2) is 78.9 Å². The van der Waals surface area contributed by atoms with Crippen LogP contribution in [0, 0.1) is 0 Å². The number of nitrogens with one attached hydrogen (secondary N) is 2. The second-order valence-electron chi connectivity index (χ2n) is 11.5. The lowest BCUT2D eigenvalue weighted by molar-refractivity contribution is 0.0106. The van der Waals surface area contributed by atoms with Crippen LogP contribution >= 0.6 is 0 Å². The molecule has 3 N–H and O–H groups in total. The Morgan fingerprint density at radius 3 is 2.15 bits per heavy atom. The Morgan fingerprint density at radius 2 is 1.56 bits per heavy atom. The predicted octanol–water partition coefficient (Wildman–Crippen LogP) is 5.49. The molecule has 2 aromatic carbocycles. The molecule has 2 amide bonds. The number of carbonyl (C=O) groups is 2. The fourth-order valence-corrected chi connectivity index (χ4v) is 3.81. The first-order chi connectivity index (χ1) is 21.3. The van der Waals surface area contributed by atoms with Gasteiger partial charge in [-0.1, -0.05) is 60.5 Å². The van der Waals surface area contributed by atoms with Gasteiger partial charge in [0.15, 0.2) is 0 Å². The lowest BCUT2D eigenvalue weighted by Crippen LogP contribution is -2.54. The minimum atomic E-state index is -1.42. The van der Waals surface area contributed by atoms with Gasteiger partial charge < -0.3 is 19.9 Å². The molecule has 3 rings (SSSR count). The SMILES string of the molecule is [2H]c1c([2H])c([2H])c(C[C@@H](NC(=O)OC(C)(C)C)[C@H](O)CN(Cc2ccc(-c3ccccn3)cc2)NC(=O)OC(C)(C)C)c([2H])c1[2H]. The van der Waals surface area contributed by atoms with Gasteiger partial charge in [0.05, 0.1) is 24.7 Å². The molecule has 0 saturated heterocycles. The van der Waals surface area contributed by atoms with E-state index in [4.69, 9.17) is 16.3 Å². The fourth-order valence-electron chi connectivity index (χ4n) is 3.81. The van der Waals surface area contributed by atoms with Crippen molar-refractivity contribution in [3.63, 3.8) is 0 Å². The highest BCUT2D eigenvalue weighted by atomic mass is 16.6. The Balaban J connectivity index is 1.93. The zero-order valence-corrected chi connectivity index (χ0v) is 24.4. The standard InChI is InChI=1S/C32H42N4O5/c1-31(2,3)40-29(38)34-27(20-23-12-8-7-9-13-23)28(37)22-36(35-30(39)41-32(4,5)6)21-24-15-17-25(18-16-24)26-14-10-11-19-33-26/h7-19,27-28,37H,20-22H2,1-6H3,(H,34,38)(H,35,39)/t27-,28-/m1/s1/i7D,8D,9D,12D,13D. The number of hydrogen-bond acceptors (Lipinski definition) is 7. The summed E-state index contributed by atoms with van der Waals surface area (Å²) in [4.78, 5) is 30.0. The van der Waals surface area contributed by atoms with Crippen LogP contribution in [-0.4, -0.2) is 57.2 Å². The number of hydrogen-bond donors (Lipinski definition) is 3. The summed E-state index contributed by atoms with van der Waals surface area (Å²) in [5.41, 5.74) is 3.33. The Hall–Kier alpha value is -3.95. The maximum Gasteiger partial charge on any atom is 0.422 e. The van der Waals surface area contributed by atoms with Gasteiger partial charge in [0, 0.05) is 24.8 Å². The zero-order chi connectivity index (χ0) is 34.4. The van der Waals surface area contributed by atoms with Crippen LogP contribution in [0.1, 0.15) is 59.5 Å². The largest absolute Gasteiger partial charge is 0.444 e. The van der Waals surface area contributed by atoms with E-state index in [2.05, 4.69) is 15.7 Å². The fraction of sp³-hybridized carbons (Fsp3) is 0.406. The molecular weight excluding hydrogens is 520 g/mol. The maximum atomic E-state index is 12.8. The average Bonchev–Trinajstić information content (AvgIpc) is 2.95. The molecule has 1 aromatic heterocycles. The Kier molecular flexibility index (Phi) is 8.53. The van der Waals surface area contributed by atoms with Crippen molar-refractivity contribution in [3.8, 4) is 11.3 Å². The third-order valence-electron chi connectivity index (χ3n) is 5.49. The summed E-state index contributed by atoms with van der Waals surface area (Å²) in [5.74, 6) is 0. The zero-order valence-electron chi connectivity index (χ0n) is 29.4. The van der Waals surface area contributed by atoms with E-state index in [0.29, 0.717) is 0 Å². The summed E-state index contributed by atoms with van der Waals surface area (Å²) in [6.07, 6.45) is -1.70. The number of alkyl carbamates (subject to hydrolysis) is 1. The molecule has 0 spiro atoms. The molecule has 0 radical (unpaired) electrons. The third-order valence-corrected chi connectivity index (χ3v) is 5.49. The van der Waals surface area contributed by atoms with Crippen molar-refractivity contribution >= 4 is 12.2 Å². The molecule has 41 heavy (non-hydrogen) atoms. The highest BCUT2D eigenvalue weighted by Gasteiger charge is 2.28. The van der Waals surface area contributed by atoms with E-state index in [-0.39, 0.29) is 25.1 Å². The number of benzene rings is 2. The van der Waals surface area contributed by atoms with E-state index in [1.807, 2.05) is 42.5 Å². The van der Waals surface area contributed by atoms with Crippen molar-refractivity contribution in [1.82, 2.24) is 20.7 Å². The number of hydrazine groups is 1. The van der Waals surface area contributed by atoms with Crippen LogP contribution in [0.25, 0.3) is 11.3 Å². The van der Waals surface area contributed by atoms with Gasteiger partial charge in [-0.25, -0.2) is 14.6 Å². The minimum Gasteiger partial charge on any atom is -0.444 e. The average molecular weight is 568 g/mol. The van der Waals surface area contributed by atoms with Crippen LogP contribution in [0.4, 0.5) is 9.59 Å². The molecule has 2 atom stereocenters. The number of nitrogens with zero attached hydrogens (tertiary/aromatic N) is 2. The Bertz CT molecular complexity index is 1480. The second-order valence-corrected chi connectivity index (χ2v) is 11.5. The normalized spacial score (nSPS) is 15.0. The van der Waals surface area contributed by atoms with Gasteiger partial charge in [0.2, 0.25) is 0 Å². The highest BCUT2D eigenvalue weighted by molar-refractivity contribution is 5.68. The maximum absolute atomic E-state index is 12.8. The van der Waals surface area contributed by atoms with Crippen LogP contribution < -0.4 is 10.7 Å². The summed E-state index contributed by atoms with van der Waals surface area (Å²) in [7, 11) is 0. The molecule has 0 aliphatic carbocycles. The van der Waals surface area contributed by atoms with Gasteiger partial charge in [0.25, 0.3) is 0 Å². The van der Waals surface area contributed by atoms with E-state index in [0.717, 1.165) is 16.8 Å². The van der Waals surface area contributed by atoms with Crippen LogP contribution in [0.2, 0.25) is 0 Å². The van der Waals surface area contributed by atoms with Crippen molar-refractivity contribution in [1.29, 1.82) is 0 Å². The van der Waals surface area contributed by atoms with Crippen LogP contribution in [0.3, 0.4) is 0 Å². The van der Waals surface area contributed by atoms with Crippen molar-refractivity contribution in [3.05, 3.63) is 90.0 Å². The number of aliphatic hydroxyl groups is 1. The summed E-state index contributed by atoms with van der Waals surface area (Å²) < 4.78 is 51.5. The van der Waals surface area contributed by atoms with Gasteiger partial charge in [-0.05, 0) is 71.2 Å². The van der Waals surface area contributed by atoms with E-state index < -0.39 is 65.7 Å². The molecule has 0 saturated carbocycles. The predicted molar refractivity (Wildman–Crippen MR) is 159 cm³/mol. The summed E-state index contributed by atoms with van der Waals surface area (Å²) in [6.45, 7) is 10.00. The lowest BCUT2D eigenvalue weighted by Gasteiger charge is -2.31.